The van der Waals surface area contributed by atoms with Crippen molar-refractivity contribution in [3.63, 3.8) is 0 Å². The Labute approximate surface area is 102 Å². The third kappa shape index (κ3) is 3.23. The largest absolute Gasteiger partial charge is 0.313 e. The van der Waals surface area contributed by atoms with Crippen molar-refractivity contribution in [1.29, 1.82) is 0 Å². The van der Waals surface area contributed by atoms with Crippen molar-refractivity contribution in [2.24, 2.45) is 16.7 Å². The van der Waals surface area contributed by atoms with E-state index in [0.29, 0.717) is 16.9 Å². The Kier molecular flexibility index (Phi) is 4.45. The van der Waals surface area contributed by atoms with Crippen LogP contribution in [0.25, 0.3) is 0 Å². The van der Waals surface area contributed by atoms with Crippen LogP contribution in [0.1, 0.15) is 67.2 Å². The van der Waals surface area contributed by atoms with Crippen LogP contribution in [0, 0.1) is 16.7 Å². The zero-order valence-electron chi connectivity index (χ0n) is 12.2. The van der Waals surface area contributed by atoms with Crippen LogP contribution >= 0.6 is 0 Å². The molecule has 0 heterocycles. The van der Waals surface area contributed by atoms with Crippen molar-refractivity contribution in [3.05, 3.63) is 0 Å². The first kappa shape index (κ1) is 14.0. The van der Waals surface area contributed by atoms with Crippen molar-refractivity contribution in [3.8, 4) is 0 Å². The second-order valence-corrected chi connectivity index (χ2v) is 7.29. The molecule has 0 amide bonds. The summed E-state index contributed by atoms with van der Waals surface area (Å²) in [5.41, 5.74) is 0.903. The highest BCUT2D eigenvalue weighted by molar-refractivity contribution is 4.96. The molecule has 0 bridgehead atoms. The Morgan fingerprint density at radius 3 is 2.31 bits per heavy atom. The highest BCUT2D eigenvalue weighted by atomic mass is 14.9. The number of hydrogen-bond donors (Lipinski definition) is 1. The monoisotopic (exact) mass is 225 g/mol. The first-order valence-corrected chi connectivity index (χ1v) is 7.02. The van der Waals surface area contributed by atoms with Crippen molar-refractivity contribution < 1.29 is 0 Å². The van der Waals surface area contributed by atoms with Gasteiger partial charge in [-0.25, -0.2) is 0 Å². The van der Waals surface area contributed by atoms with E-state index in [9.17, 15) is 0 Å². The van der Waals surface area contributed by atoms with E-state index in [1.54, 1.807) is 0 Å². The third-order valence-electron chi connectivity index (χ3n) is 4.29. The molecule has 1 aliphatic carbocycles. The van der Waals surface area contributed by atoms with E-state index in [4.69, 9.17) is 0 Å². The molecule has 1 fully saturated rings. The highest BCUT2D eigenvalue weighted by Gasteiger charge is 2.43. The van der Waals surface area contributed by atoms with Crippen molar-refractivity contribution in [1.82, 2.24) is 5.32 Å². The lowest BCUT2D eigenvalue weighted by molar-refractivity contribution is 0.116. The standard InChI is InChI=1S/C15H31N/c1-7-11-16-13(14(2,3)4)12-9-8-10-15(12,5)6/h12-13,16H,7-11H2,1-6H3. The van der Waals surface area contributed by atoms with Gasteiger partial charge in [-0.05, 0) is 42.6 Å². The quantitative estimate of drug-likeness (QED) is 0.755. The molecule has 0 aromatic heterocycles. The van der Waals surface area contributed by atoms with Gasteiger partial charge in [-0.3, -0.25) is 0 Å². The summed E-state index contributed by atoms with van der Waals surface area (Å²) in [5.74, 6) is 0.846. The molecular formula is C15H31N. The third-order valence-corrected chi connectivity index (χ3v) is 4.29. The minimum Gasteiger partial charge on any atom is -0.313 e. The summed E-state index contributed by atoms with van der Waals surface area (Å²) in [6.07, 6.45) is 5.46. The Balaban J connectivity index is 2.76. The predicted octanol–water partition coefficient (Wildman–Crippen LogP) is 4.23. The van der Waals surface area contributed by atoms with E-state index in [-0.39, 0.29) is 0 Å². The average molecular weight is 225 g/mol. The van der Waals surface area contributed by atoms with Crippen LogP contribution in [0.2, 0.25) is 0 Å². The molecule has 0 spiro atoms. The summed E-state index contributed by atoms with van der Waals surface area (Å²) in [6, 6.07) is 0.671. The molecule has 1 N–H and O–H groups in total. The van der Waals surface area contributed by atoms with Crippen LogP contribution in [-0.2, 0) is 0 Å². The van der Waals surface area contributed by atoms with Gasteiger partial charge < -0.3 is 5.32 Å². The van der Waals surface area contributed by atoms with Gasteiger partial charge in [0.2, 0.25) is 0 Å². The molecule has 0 radical (unpaired) electrons. The fourth-order valence-electron chi connectivity index (χ4n) is 3.32. The molecule has 1 nitrogen and oxygen atoms in total. The topological polar surface area (TPSA) is 12.0 Å². The lowest BCUT2D eigenvalue weighted by Gasteiger charge is -2.42. The molecule has 2 unspecified atom stereocenters. The maximum Gasteiger partial charge on any atom is 0.0149 e. The van der Waals surface area contributed by atoms with Crippen LogP contribution in [0.15, 0.2) is 0 Å². The molecule has 1 heteroatoms. The van der Waals surface area contributed by atoms with Crippen LogP contribution in [-0.4, -0.2) is 12.6 Å². The maximum absolute atomic E-state index is 3.81. The van der Waals surface area contributed by atoms with E-state index >= 15 is 0 Å². The average Bonchev–Trinajstić information content (AvgIpc) is 2.45. The molecule has 0 saturated heterocycles. The summed E-state index contributed by atoms with van der Waals surface area (Å²) in [5, 5.41) is 3.81. The summed E-state index contributed by atoms with van der Waals surface area (Å²) in [4.78, 5) is 0. The van der Waals surface area contributed by atoms with E-state index < -0.39 is 0 Å². The van der Waals surface area contributed by atoms with Crippen LogP contribution in [0.5, 0.6) is 0 Å². The predicted molar refractivity (Wildman–Crippen MR) is 72.7 cm³/mol. The minimum absolute atomic E-state index is 0.376. The Morgan fingerprint density at radius 2 is 1.94 bits per heavy atom. The number of rotatable bonds is 4. The van der Waals surface area contributed by atoms with Gasteiger partial charge in [0.1, 0.15) is 0 Å². The molecule has 2 atom stereocenters. The molecule has 0 aliphatic heterocycles. The zero-order chi connectivity index (χ0) is 12.4. The lowest BCUT2D eigenvalue weighted by Crippen LogP contribution is -2.49. The fourth-order valence-corrected chi connectivity index (χ4v) is 3.32. The molecule has 96 valence electrons. The van der Waals surface area contributed by atoms with Gasteiger partial charge in [0.15, 0.2) is 0 Å². The molecular weight excluding hydrogens is 194 g/mol. The molecule has 1 saturated carbocycles. The molecule has 0 aromatic carbocycles. The van der Waals surface area contributed by atoms with Gasteiger partial charge in [-0.15, -0.1) is 0 Å². The summed E-state index contributed by atoms with van der Waals surface area (Å²) < 4.78 is 0. The van der Waals surface area contributed by atoms with Crippen molar-refractivity contribution >= 4 is 0 Å². The van der Waals surface area contributed by atoms with E-state index in [1.807, 2.05) is 0 Å². The van der Waals surface area contributed by atoms with E-state index in [1.165, 1.54) is 25.7 Å². The fraction of sp³-hybridized carbons (Fsp3) is 1.00. The summed E-state index contributed by atoms with van der Waals surface area (Å²) in [6.45, 7) is 15.5. The summed E-state index contributed by atoms with van der Waals surface area (Å²) in [7, 11) is 0. The van der Waals surface area contributed by atoms with Crippen LogP contribution in [0.3, 0.4) is 0 Å². The first-order valence-electron chi connectivity index (χ1n) is 7.02. The van der Waals surface area contributed by atoms with Gasteiger partial charge in [-0.2, -0.15) is 0 Å². The maximum atomic E-state index is 3.81. The summed E-state index contributed by atoms with van der Waals surface area (Å²) >= 11 is 0. The first-order chi connectivity index (χ1) is 7.29. The van der Waals surface area contributed by atoms with E-state index in [2.05, 4.69) is 46.9 Å². The van der Waals surface area contributed by atoms with Crippen LogP contribution in [0.4, 0.5) is 0 Å². The van der Waals surface area contributed by atoms with Gasteiger partial charge in [0, 0.05) is 6.04 Å². The molecule has 16 heavy (non-hydrogen) atoms. The smallest absolute Gasteiger partial charge is 0.0149 e. The second-order valence-electron chi connectivity index (χ2n) is 7.29. The molecule has 1 rings (SSSR count). The van der Waals surface area contributed by atoms with Gasteiger partial charge in [0.05, 0.1) is 0 Å². The van der Waals surface area contributed by atoms with Gasteiger partial charge in [0.25, 0.3) is 0 Å². The van der Waals surface area contributed by atoms with Crippen LogP contribution < -0.4 is 5.32 Å². The Bertz CT molecular complexity index is 212. The minimum atomic E-state index is 0.376. The van der Waals surface area contributed by atoms with Gasteiger partial charge in [-0.1, -0.05) is 48.0 Å². The zero-order valence-corrected chi connectivity index (χ0v) is 12.2. The normalized spacial score (nSPS) is 27.0. The highest BCUT2D eigenvalue weighted by Crippen LogP contribution is 2.47. The van der Waals surface area contributed by atoms with Crippen molar-refractivity contribution in [2.45, 2.75) is 73.3 Å². The molecule has 0 aromatic rings. The molecule has 1 aliphatic rings. The number of hydrogen-bond acceptors (Lipinski definition) is 1. The lowest BCUT2D eigenvalue weighted by atomic mass is 9.69. The van der Waals surface area contributed by atoms with E-state index in [0.717, 1.165) is 12.5 Å². The van der Waals surface area contributed by atoms with Gasteiger partial charge >= 0.3 is 0 Å². The second kappa shape index (κ2) is 5.08. The Hall–Kier alpha value is -0.0400. The Morgan fingerprint density at radius 1 is 1.31 bits per heavy atom. The number of nitrogens with one attached hydrogen (secondary N) is 1. The SMILES string of the molecule is CCCNC(C1CCCC1(C)C)C(C)(C)C. The van der Waals surface area contributed by atoms with Crippen molar-refractivity contribution in [2.75, 3.05) is 6.54 Å².